The zero-order valence-corrected chi connectivity index (χ0v) is 13.7. The molecule has 27 heavy (non-hydrogen) atoms. The van der Waals surface area contributed by atoms with E-state index in [1.807, 2.05) is 0 Å². The van der Waals surface area contributed by atoms with Crippen LogP contribution in [0.15, 0.2) is 61.1 Å². The van der Waals surface area contributed by atoms with Gasteiger partial charge in [-0.2, -0.15) is 13.2 Å². The molecule has 0 N–H and O–H groups in total. The van der Waals surface area contributed by atoms with E-state index in [0.717, 1.165) is 6.07 Å². The lowest BCUT2D eigenvalue weighted by Crippen LogP contribution is -2.10. The van der Waals surface area contributed by atoms with Crippen LogP contribution in [0.4, 0.5) is 19.0 Å². The first-order valence-electron chi connectivity index (χ1n) is 7.68. The number of nitro groups is 1. The van der Waals surface area contributed by atoms with Crippen molar-refractivity contribution < 1.29 is 22.8 Å². The number of benzene rings is 1. The fraction of sp³-hybridized carbons (Fsp3) is 0.111. The van der Waals surface area contributed by atoms with Crippen LogP contribution in [-0.4, -0.2) is 14.9 Å². The predicted octanol–water partition coefficient (Wildman–Crippen LogP) is 4.65. The molecule has 0 saturated heterocycles. The Morgan fingerprint density at radius 1 is 1.04 bits per heavy atom. The van der Waals surface area contributed by atoms with Gasteiger partial charge in [0.2, 0.25) is 0 Å². The minimum atomic E-state index is -4.47. The van der Waals surface area contributed by atoms with Gasteiger partial charge in [0.15, 0.2) is 0 Å². The second-order valence-electron chi connectivity index (χ2n) is 5.52. The highest BCUT2D eigenvalue weighted by Gasteiger charge is 2.32. The molecular formula is C18H12F3N3O3. The molecule has 0 amide bonds. The van der Waals surface area contributed by atoms with Crippen LogP contribution in [-0.2, 0) is 12.8 Å². The molecule has 0 atom stereocenters. The van der Waals surface area contributed by atoms with Crippen molar-refractivity contribution in [3.8, 4) is 16.9 Å². The van der Waals surface area contributed by atoms with Crippen LogP contribution in [0.3, 0.4) is 0 Å². The molecule has 0 aliphatic rings. The van der Waals surface area contributed by atoms with Crippen LogP contribution < -0.4 is 4.74 Å². The van der Waals surface area contributed by atoms with Crippen molar-refractivity contribution in [1.82, 2.24) is 9.97 Å². The number of hydrogen-bond acceptors (Lipinski definition) is 5. The topological polar surface area (TPSA) is 78.2 Å². The molecule has 0 aliphatic heterocycles. The van der Waals surface area contributed by atoms with Gasteiger partial charge in [0.1, 0.15) is 18.6 Å². The first kappa shape index (κ1) is 18.3. The van der Waals surface area contributed by atoms with E-state index in [2.05, 4.69) is 9.97 Å². The third-order valence-electron chi connectivity index (χ3n) is 3.70. The zero-order valence-electron chi connectivity index (χ0n) is 13.7. The Morgan fingerprint density at radius 2 is 1.81 bits per heavy atom. The van der Waals surface area contributed by atoms with E-state index in [1.165, 1.54) is 48.9 Å². The molecule has 9 heteroatoms. The largest absolute Gasteiger partial charge is 0.487 e. The minimum absolute atomic E-state index is 0.00686. The summed E-state index contributed by atoms with van der Waals surface area (Å²) in [6, 6.07) is 9.50. The maximum atomic E-state index is 13.0. The zero-order chi connectivity index (χ0) is 19.4. The third-order valence-corrected chi connectivity index (χ3v) is 3.70. The molecule has 0 saturated carbocycles. The highest BCUT2D eigenvalue weighted by Crippen LogP contribution is 2.32. The smallest absolute Gasteiger partial charge is 0.416 e. The van der Waals surface area contributed by atoms with Gasteiger partial charge < -0.3 is 14.9 Å². The van der Waals surface area contributed by atoms with Crippen molar-refractivity contribution in [2.45, 2.75) is 12.8 Å². The predicted molar refractivity (Wildman–Crippen MR) is 89.9 cm³/mol. The Balaban J connectivity index is 1.78. The number of ether oxygens (including phenoxy) is 1. The summed E-state index contributed by atoms with van der Waals surface area (Å²) in [7, 11) is 0. The van der Waals surface area contributed by atoms with Crippen LogP contribution in [0.1, 0.15) is 11.1 Å². The summed E-state index contributed by atoms with van der Waals surface area (Å²) < 4.78 is 44.5. The summed E-state index contributed by atoms with van der Waals surface area (Å²) in [6.07, 6.45) is -0.278. The summed E-state index contributed by atoms with van der Waals surface area (Å²) in [5, 5.41) is 10.7. The number of pyridine rings is 2. The summed E-state index contributed by atoms with van der Waals surface area (Å²) in [5.41, 5.74) is 0.384. The number of alkyl halides is 3. The van der Waals surface area contributed by atoms with E-state index in [9.17, 15) is 23.3 Å². The van der Waals surface area contributed by atoms with Crippen molar-refractivity contribution in [1.29, 1.82) is 0 Å². The number of rotatable bonds is 5. The Labute approximate surface area is 151 Å². The molecule has 0 unspecified atom stereocenters. The summed E-state index contributed by atoms with van der Waals surface area (Å²) >= 11 is 0. The molecule has 2 aromatic heterocycles. The molecule has 3 rings (SSSR count). The van der Waals surface area contributed by atoms with Crippen LogP contribution in [0.5, 0.6) is 5.75 Å². The second-order valence-corrected chi connectivity index (χ2v) is 5.52. The van der Waals surface area contributed by atoms with Crippen LogP contribution in [0.2, 0.25) is 0 Å². The van der Waals surface area contributed by atoms with Gasteiger partial charge in [-0.15, -0.1) is 0 Å². The SMILES string of the molecule is O=[N+]([O-])c1ccc(-c2cncc(OCc3ccccc3C(F)(F)F)c2)cn1. The molecular weight excluding hydrogens is 363 g/mol. The van der Waals surface area contributed by atoms with Crippen molar-refractivity contribution in [2.75, 3.05) is 0 Å². The number of nitrogens with zero attached hydrogens (tertiary/aromatic N) is 3. The average Bonchev–Trinajstić information content (AvgIpc) is 2.66. The molecule has 0 aliphatic carbocycles. The van der Waals surface area contributed by atoms with E-state index in [1.54, 1.807) is 6.07 Å². The Morgan fingerprint density at radius 3 is 2.48 bits per heavy atom. The highest BCUT2D eigenvalue weighted by atomic mass is 19.4. The van der Waals surface area contributed by atoms with Crippen LogP contribution in [0, 0.1) is 10.1 Å². The van der Waals surface area contributed by atoms with Gasteiger partial charge in [0.25, 0.3) is 0 Å². The fourth-order valence-electron chi connectivity index (χ4n) is 2.40. The fourth-order valence-corrected chi connectivity index (χ4v) is 2.40. The van der Waals surface area contributed by atoms with Crippen molar-refractivity contribution in [3.63, 3.8) is 0 Å². The lowest BCUT2D eigenvalue weighted by molar-refractivity contribution is -0.389. The van der Waals surface area contributed by atoms with Crippen molar-refractivity contribution >= 4 is 5.82 Å². The van der Waals surface area contributed by atoms with Crippen molar-refractivity contribution in [2.24, 2.45) is 0 Å². The number of halogens is 3. The highest BCUT2D eigenvalue weighted by molar-refractivity contribution is 5.63. The van der Waals surface area contributed by atoms with Crippen LogP contribution >= 0.6 is 0 Å². The van der Waals surface area contributed by atoms with Gasteiger partial charge in [-0.1, -0.05) is 18.2 Å². The molecule has 138 valence electrons. The Bertz CT molecular complexity index is 960. The molecule has 1 aromatic carbocycles. The normalized spacial score (nSPS) is 11.2. The molecule has 0 bridgehead atoms. The van der Waals surface area contributed by atoms with Gasteiger partial charge in [-0.25, -0.2) is 0 Å². The first-order chi connectivity index (χ1) is 12.8. The lowest BCUT2D eigenvalue weighted by atomic mass is 10.1. The summed E-state index contributed by atoms with van der Waals surface area (Å²) in [5.74, 6) is -0.0225. The van der Waals surface area contributed by atoms with Gasteiger partial charge in [-0.3, -0.25) is 4.98 Å². The minimum Gasteiger partial charge on any atom is -0.487 e. The lowest BCUT2D eigenvalue weighted by Gasteiger charge is -2.13. The number of hydrogen-bond donors (Lipinski definition) is 0. The Kier molecular flexibility index (Phi) is 5.02. The number of aromatic nitrogens is 2. The van der Waals surface area contributed by atoms with E-state index < -0.39 is 16.7 Å². The third kappa shape index (κ3) is 4.38. The molecule has 0 fully saturated rings. The van der Waals surface area contributed by atoms with E-state index >= 15 is 0 Å². The van der Waals surface area contributed by atoms with Gasteiger partial charge >= 0.3 is 12.0 Å². The monoisotopic (exact) mass is 375 g/mol. The van der Waals surface area contributed by atoms with E-state index in [4.69, 9.17) is 4.74 Å². The van der Waals surface area contributed by atoms with Gasteiger partial charge in [-0.05, 0) is 28.1 Å². The maximum absolute atomic E-state index is 13.0. The molecule has 0 radical (unpaired) electrons. The van der Waals surface area contributed by atoms with Gasteiger partial charge in [0.05, 0.1) is 11.8 Å². The van der Waals surface area contributed by atoms with Crippen molar-refractivity contribution in [3.05, 3.63) is 82.3 Å². The van der Waals surface area contributed by atoms with E-state index in [0.29, 0.717) is 11.1 Å². The first-order valence-corrected chi connectivity index (χ1v) is 7.68. The summed E-state index contributed by atoms with van der Waals surface area (Å²) in [4.78, 5) is 17.8. The summed E-state index contributed by atoms with van der Waals surface area (Å²) in [6.45, 7) is -0.278. The van der Waals surface area contributed by atoms with E-state index in [-0.39, 0.29) is 23.7 Å². The van der Waals surface area contributed by atoms with Gasteiger partial charge in [0, 0.05) is 29.0 Å². The quantitative estimate of drug-likeness (QED) is 0.479. The molecule has 6 nitrogen and oxygen atoms in total. The Hall–Kier alpha value is -3.49. The molecule has 2 heterocycles. The maximum Gasteiger partial charge on any atom is 0.416 e. The second kappa shape index (κ2) is 7.40. The average molecular weight is 375 g/mol. The molecule has 0 spiro atoms. The van der Waals surface area contributed by atoms with Crippen LogP contribution in [0.25, 0.3) is 11.1 Å². The molecule has 3 aromatic rings. The standard InChI is InChI=1S/C18H12F3N3O3/c19-18(20,21)16-4-2-1-3-13(16)11-27-15-7-14(8-22-10-15)12-5-6-17(23-9-12)24(25)26/h1-10H,11H2.